The summed E-state index contributed by atoms with van der Waals surface area (Å²) < 4.78 is 39.6. The molecule has 0 saturated carbocycles. The lowest BCUT2D eigenvalue weighted by Gasteiger charge is -2.07. The van der Waals surface area contributed by atoms with E-state index < -0.39 is 17.5 Å². The molecule has 0 saturated heterocycles. The van der Waals surface area contributed by atoms with E-state index in [9.17, 15) is 13.2 Å². The maximum absolute atomic E-state index is 13.3. The zero-order chi connectivity index (χ0) is 16.4. The van der Waals surface area contributed by atoms with Crippen molar-refractivity contribution in [1.29, 1.82) is 0 Å². The SMILES string of the molecule is NCc1ccc(-c2ccc(-c3cc(F)c(F)c(F)c3)cc2)cc1. The first-order valence-corrected chi connectivity index (χ1v) is 7.13. The Bertz CT molecular complexity index is 801. The molecule has 0 aliphatic carbocycles. The number of halogens is 3. The molecule has 3 aromatic carbocycles. The predicted molar refractivity (Wildman–Crippen MR) is 85.1 cm³/mol. The molecule has 0 unspecified atom stereocenters. The van der Waals surface area contributed by atoms with Crippen LogP contribution in [0.1, 0.15) is 5.56 Å². The van der Waals surface area contributed by atoms with Crippen LogP contribution in [0.3, 0.4) is 0 Å². The van der Waals surface area contributed by atoms with Crippen LogP contribution in [0.25, 0.3) is 22.3 Å². The van der Waals surface area contributed by atoms with Gasteiger partial charge in [0.15, 0.2) is 17.5 Å². The molecule has 0 bridgehead atoms. The molecule has 116 valence electrons. The Morgan fingerprint density at radius 3 is 1.43 bits per heavy atom. The molecule has 4 heteroatoms. The summed E-state index contributed by atoms with van der Waals surface area (Å²) in [6, 6.07) is 17.0. The molecule has 0 amide bonds. The van der Waals surface area contributed by atoms with Crippen LogP contribution in [-0.2, 0) is 6.54 Å². The zero-order valence-electron chi connectivity index (χ0n) is 12.2. The van der Waals surface area contributed by atoms with Crippen LogP contribution < -0.4 is 5.73 Å². The highest BCUT2D eigenvalue weighted by atomic mass is 19.2. The normalized spacial score (nSPS) is 10.8. The summed E-state index contributed by atoms with van der Waals surface area (Å²) in [5, 5.41) is 0. The minimum atomic E-state index is -1.45. The number of hydrogen-bond donors (Lipinski definition) is 1. The minimum absolute atomic E-state index is 0.298. The van der Waals surface area contributed by atoms with Crippen molar-refractivity contribution >= 4 is 0 Å². The Hall–Kier alpha value is -2.59. The molecule has 0 aliphatic rings. The molecule has 0 heterocycles. The topological polar surface area (TPSA) is 26.0 Å². The van der Waals surface area contributed by atoms with Crippen LogP contribution in [0.5, 0.6) is 0 Å². The van der Waals surface area contributed by atoms with Gasteiger partial charge in [-0.3, -0.25) is 0 Å². The van der Waals surface area contributed by atoms with Gasteiger partial charge in [0.2, 0.25) is 0 Å². The first-order chi connectivity index (χ1) is 11.1. The lowest BCUT2D eigenvalue weighted by atomic mass is 9.99. The molecule has 1 nitrogen and oxygen atoms in total. The van der Waals surface area contributed by atoms with Gasteiger partial charge in [0.25, 0.3) is 0 Å². The Kier molecular flexibility index (Phi) is 4.17. The van der Waals surface area contributed by atoms with Crippen LogP contribution in [0, 0.1) is 17.5 Å². The third-order valence-corrected chi connectivity index (χ3v) is 3.73. The average molecular weight is 313 g/mol. The third-order valence-electron chi connectivity index (χ3n) is 3.73. The number of benzene rings is 3. The quantitative estimate of drug-likeness (QED) is 0.684. The third kappa shape index (κ3) is 3.12. The standard InChI is InChI=1S/C19H14F3N/c20-17-9-16(10-18(21)19(17)22)15-7-5-14(6-8-15)13-3-1-12(11-23)2-4-13/h1-10H,11,23H2. The summed E-state index contributed by atoms with van der Waals surface area (Å²) in [7, 11) is 0. The van der Waals surface area contributed by atoms with E-state index in [4.69, 9.17) is 5.73 Å². The zero-order valence-corrected chi connectivity index (χ0v) is 12.2. The van der Waals surface area contributed by atoms with Crippen molar-refractivity contribution < 1.29 is 13.2 Å². The van der Waals surface area contributed by atoms with Crippen molar-refractivity contribution in [1.82, 2.24) is 0 Å². The van der Waals surface area contributed by atoms with Gasteiger partial charge in [-0.15, -0.1) is 0 Å². The summed E-state index contributed by atoms with van der Waals surface area (Å²) in [5.74, 6) is -3.84. The van der Waals surface area contributed by atoms with Gasteiger partial charge in [0, 0.05) is 6.54 Å². The lowest BCUT2D eigenvalue weighted by molar-refractivity contribution is 0.448. The maximum Gasteiger partial charge on any atom is 0.194 e. The monoisotopic (exact) mass is 313 g/mol. The molecule has 0 radical (unpaired) electrons. The van der Waals surface area contributed by atoms with Crippen molar-refractivity contribution in [3.63, 3.8) is 0 Å². The fourth-order valence-corrected chi connectivity index (χ4v) is 2.41. The highest BCUT2D eigenvalue weighted by Gasteiger charge is 2.11. The van der Waals surface area contributed by atoms with Crippen LogP contribution in [0.15, 0.2) is 60.7 Å². The van der Waals surface area contributed by atoms with Crippen molar-refractivity contribution in [2.75, 3.05) is 0 Å². The summed E-state index contributed by atoms with van der Waals surface area (Å²) in [4.78, 5) is 0. The molecule has 0 spiro atoms. The second-order valence-electron chi connectivity index (χ2n) is 5.23. The van der Waals surface area contributed by atoms with Crippen molar-refractivity contribution in [3.05, 3.63) is 83.7 Å². The molecular weight excluding hydrogens is 299 g/mol. The molecule has 23 heavy (non-hydrogen) atoms. The van der Waals surface area contributed by atoms with E-state index in [1.807, 2.05) is 36.4 Å². The predicted octanol–water partition coefficient (Wildman–Crippen LogP) is 4.90. The Labute approximate surface area is 132 Å². The number of rotatable bonds is 3. The van der Waals surface area contributed by atoms with Crippen molar-refractivity contribution in [2.45, 2.75) is 6.54 Å². The van der Waals surface area contributed by atoms with Gasteiger partial charge in [-0.25, -0.2) is 13.2 Å². The van der Waals surface area contributed by atoms with Gasteiger partial charge in [-0.2, -0.15) is 0 Å². The van der Waals surface area contributed by atoms with Crippen LogP contribution in [0.2, 0.25) is 0 Å². The second-order valence-corrected chi connectivity index (χ2v) is 5.23. The Morgan fingerprint density at radius 2 is 1.00 bits per heavy atom. The molecular formula is C19H14F3N. The Morgan fingerprint density at radius 1 is 0.609 bits per heavy atom. The Balaban J connectivity index is 1.92. The first-order valence-electron chi connectivity index (χ1n) is 7.13. The fourth-order valence-electron chi connectivity index (χ4n) is 2.41. The molecule has 3 rings (SSSR count). The highest BCUT2D eigenvalue weighted by molar-refractivity contribution is 5.70. The minimum Gasteiger partial charge on any atom is -0.326 e. The molecule has 0 aliphatic heterocycles. The smallest absolute Gasteiger partial charge is 0.194 e. The summed E-state index contributed by atoms with van der Waals surface area (Å²) in [5.41, 5.74) is 9.52. The van der Waals surface area contributed by atoms with Gasteiger partial charge in [-0.05, 0) is 39.9 Å². The largest absolute Gasteiger partial charge is 0.326 e. The van der Waals surface area contributed by atoms with Gasteiger partial charge < -0.3 is 5.73 Å². The maximum atomic E-state index is 13.3. The summed E-state index contributed by atoms with van der Waals surface area (Å²) >= 11 is 0. The highest BCUT2D eigenvalue weighted by Crippen LogP contribution is 2.27. The summed E-state index contributed by atoms with van der Waals surface area (Å²) in [6.07, 6.45) is 0. The van der Waals surface area contributed by atoms with Crippen molar-refractivity contribution in [2.24, 2.45) is 5.73 Å². The average Bonchev–Trinajstić information content (AvgIpc) is 2.59. The molecule has 0 aromatic heterocycles. The summed E-state index contributed by atoms with van der Waals surface area (Å²) in [6.45, 7) is 0.487. The first kappa shape index (κ1) is 15.3. The number of nitrogens with two attached hydrogens (primary N) is 1. The van der Waals surface area contributed by atoms with Crippen molar-refractivity contribution in [3.8, 4) is 22.3 Å². The lowest BCUT2D eigenvalue weighted by Crippen LogP contribution is -1.95. The molecule has 0 atom stereocenters. The number of hydrogen-bond acceptors (Lipinski definition) is 1. The molecule has 2 N–H and O–H groups in total. The van der Waals surface area contributed by atoms with Gasteiger partial charge in [-0.1, -0.05) is 48.5 Å². The van der Waals surface area contributed by atoms with Crippen LogP contribution >= 0.6 is 0 Å². The van der Waals surface area contributed by atoms with E-state index in [0.29, 0.717) is 17.7 Å². The van der Waals surface area contributed by atoms with E-state index in [0.717, 1.165) is 28.8 Å². The fraction of sp³-hybridized carbons (Fsp3) is 0.0526. The van der Waals surface area contributed by atoms with E-state index in [2.05, 4.69) is 0 Å². The van der Waals surface area contributed by atoms with Gasteiger partial charge >= 0.3 is 0 Å². The van der Waals surface area contributed by atoms with Gasteiger partial charge in [0.05, 0.1) is 0 Å². The molecule has 0 fully saturated rings. The van der Waals surface area contributed by atoms with Crippen LogP contribution in [-0.4, -0.2) is 0 Å². The van der Waals surface area contributed by atoms with Crippen LogP contribution in [0.4, 0.5) is 13.2 Å². The van der Waals surface area contributed by atoms with Gasteiger partial charge in [0.1, 0.15) is 0 Å². The van der Waals surface area contributed by atoms with E-state index >= 15 is 0 Å². The van der Waals surface area contributed by atoms with E-state index in [-0.39, 0.29) is 0 Å². The van der Waals surface area contributed by atoms with E-state index in [1.54, 1.807) is 12.1 Å². The second kappa shape index (κ2) is 6.26. The van der Waals surface area contributed by atoms with E-state index in [1.165, 1.54) is 0 Å². The molecule has 3 aromatic rings.